The Hall–Kier alpha value is -13.3. The van der Waals surface area contributed by atoms with E-state index in [1.54, 1.807) is 0 Å². The van der Waals surface area contributed by atoms with Gasteiger partial charge in [0, 0.05) is 133 Å². The maximum atomic E-state index is 7.56. The van der Waals surface area contributed by atoms with Crippen LogP contribution >= 0.6 is 0 Å². The number of benzene rings is 9. The van der Waals surface area contributed by atoms with Crippen LogP contribution in [0.25, 0.3) is 105 Å². The Labute approximate surface area is 670 Å². The fourth-order valence-corrected chi connectivity index (χ4v) is 16.1. The zero-order valence-electron chi connectivity index (χ0n) is 69.2. The summed E-state index contributed by atoms with van der Waals surface area (Å²) in [5.74, 6) is 3.86. The third-order valence-corrected chi connectivity index (χ3v) is 22.0. The standard InChI is InChI=1S/C31H33N3.C24H25N3.C23H20N4.C23H23N3/c1-20-16-17-24-12-8-11-15-28(24)33(20)29-18-25(31(5,6)7)19-30(21(29)2)34-22(3)26-13-9-10-14-27(26)32-23(34)4;1-16-14-17(2)24(19(4)23(16)26-13-9-8-10-18(26)3)27-15-21-11-6-7-12-22(21)25-20(27)5;1-16-9-7-8-12-26(16)22-13-20(24-4)14-23(17(22)2)27-15-19-10-5-6-11-21(19)25-18(27)3;1-16-13-22(25-12-8-7-9-17(25)2)18(3)23(14-16)26-15-20-10-5-6-11-21(20)24-19(26)4/h8-19H,1-7H3;6-15H,1-5H3;5-15H,1-3H3;5-15H,1-4H3/q4*+2. The third-order valence-electron chi connectivity index (χ3n) is 22.0. The molecular formula is C101H101N13+8. The lowest BCUT2D eigenvalue weighted by atomic mass is 9.85. The Balaban J connectivity index is 0.000000127. The zero-order chi connectivity index (χ0) is 80.6. The van der Waals surface area contributed by atoms with Crippen molar-refractivity contribution in [1.82, 2.24) is 19.9 Å². The second-order valence-electron chi connectivity index (χ2n) is 31.1. The highest BCUT2D eigenvalue weighted by Crippen LogP contribution is 2.32. The van der Waals surface area contributed by atoms with Crippen LogP contribution in [0.15, 0.2) is 268 Å². The van der Waals surface area contributed by atoms with Crippen LogP contribution in [0.5, 0.6) is 0 Å². The minimum absolute atomic E-state index is 0.00287. The highest BCUT2D eigenvalue weighted by molar-refractivity contribution is 5.81. The first kappa shape index (κ1) is 77.4. The number of hydrogen-bond donors (Lipinski definition) is 0. The van der Waals surface area contributed by atoms with E-state index in [-0.39, 0.29) is 5.41 Å². The van der Waals surface area contributed by atoms with E-state index in [4.69, 9.17) is 26.5 Å². The van der Waals surface area contributed by atoms with Gasteiger partial charge < -0.3 is 0 Å². The molecular weight excluding hydrogens is 1400 g/mol. The number of fused-ring (bicyclic) bond motifs is 5. The van der Waals surface area contributed by atoms with Crippen LogP contribution in [0.4, 0.5) is 5.69 Å². The molecule has 0 amide bonds. The SMILES string of the molecule is Cc1c(-[n+]2c(C)nc3ccccc3c2C)cc(C(C)(C)C)cc1-[n+]1c(C)ccc2ccccc21.Cc1cc(-[n+]2ccccc2C)c(C)c(-[n+]2cc3ccccc3nc2C)c1.Cc1cc(C)c(-[n+]2cc3ccccc3nc2C)c(C)c1-[n+]1ccccc1C.[C-]#[N+]c1cc(-[n+]2ccccc2C)c(C)c(-[n+]2cc3ccccc3nc2C)c1. The molecule has 0 bridgehead atoms. The maximum Gasteiger partial charge on any atom is 0.301 e. The average molecular weight is 1500 g/mol. The number of aromatic nitrogens is 12. The van der Waals surface area contributed by atoms with Crippen molar-refractivity contribution in [2.75, 3.05) is 0 Å². The van der Waals surface area contributed by atoms with Gasteiger partial charge in [0.05, 0.1) is 50.4 Å². The first-order chi connectivity index (χ1) is 54.8. The van der Waals surface area contributed by atoms with E-state index in [0.29, 0.717) is 5.69 Å². The molecule has 0 saturated heterocycles. The van der Waals surface area contributed by atoms with Gasteiger partial charge >= 0.3 is 23.3 Å². The van der Waals surface area contributed by atoms with Gasteiger partial charge in [-0.1, -0.05) is 99.6 Å². The molecule has 17 aromatic rings. The molecule has 0 spiro atoms. The molecule has 9 aromatic carbocycles. The van der Waals surface area contributed by atoms with Crippen LogP contribution in [0.3, 0.4) is 0 Å². The number of nitrogens with zero attached hydrogens (tertiary/aromatic N) is 13. The lowest BCUT2D eigenvalue weighted by Gasteiger charge is -2.22. The molecule has 8 aromatic heterocycles. The summed E-state index contributed by atoms with van der Waals surface area (Å²) in [5.41, 5.74) is 31.0. The van der Waals surface area contributed by atoms with Gasteiger partial charge in [-0.15, -0.1) is 0 Å². The summed E-state index contributed by atoms with van der Waals surface area (Å²) < 4.78 is 17.9. The summed E-state index contributed by atoms with van der Waals surface area (Å²) >= 11 is 0. The molecule has 17 rings (SSSR count). The molecule has 0 N–H and O–H groups in total. The van der Waals surface area contributed by atoms with E-state index < -0.39 is 0 Å². The Bertz CT molecular complexity index is 6700. The van der Waals surface area contributed by atoms with E-state index in [1.165, 1.54) is 112 Å². The van der Waals surface area contributed by atoms with Crippen molar-refractivity contribution in [2.45, 2.75) is 137 Å². The topological polar surface area (TPSA) is 87.0 Å². The lowest BCUT2D eigenvalue weighted by molar-refractivity contribution is -0.614. The van der Waals surface area contributed by atoms with Gasteiger partial charge in [-0.2, -0.15) is 32.0 Å². The van der Waals surface area contributed by atoms with Crippen molar-refractivity contribution >= 4 is 60.2 Å². The minimum atomic E-state index is 0.00287. The molecule has 0 aliphatic rings. The van der Waals surface area contributed by atoms with Crippen molar-refractivity contribution in [1.29, 1.82) is 0 Å². The van der Waals surface area contributed by atoms with Crippen LogP contribution in [-0.2, 0) is 5.41 Å². The van der Waals surface area contributed by atoms with Gasteiger partial charge in [-0.25, -0.2) is 9.41 Å². The molecule has 0 atom stereocenters. The fourth-order valence-electron chi connectivity index (χ4n) is 16.1. The van der Waals surface area contributed by atoms with E-state index in [1.807, 2.05) is 67.7 Å². The molecule has 8 heterocycles. The van der Waals surface area contributed by atoms with E-state index >= 15 is 0 Å². The average Bonchev–Trinajstić information content (AvgIpc) is 0.749. The van der Waals surface area contributed by atoms with Crippen LogP contribution in [0, 0.1) is 117 Å². The first-order valence-electron chi connectivity index (χ1n) is 39.1. The van der Waals surface area contributed by atoms with Crippen LogP contribution in [-0.4, -0.2) is 19.9 Å². The molecule has 0 unspecified atom stereocenters. The monoisotopic (exact) mass is 1500 g/mol. The summed E-state index contributed by atoms with van der Waals surface area (Å²) in [6.07, 6.45) is 12.8. The van der Waals surface area contributed by atoms with Crippen molar-refractivity contribution in [3.63, 3.8) is 0 Å². The van der Waals surface area contributed by atoms with Gasteiger partial charge in [0.2, 0.25) is 28.3 Å². The van der Waals surface area contributed by atoms with Crippen molar-refractivity contribution < 1.29 is 36.5 Å². The summed E-state index contributed by atoms with van der Waals surface area (Å²) in [7, 11) is 0. The molecule has 0 aliphatic carbocycles. The molecule has 562 valence electrons. The largest absolute Gasteiger partial charge is 0.301 e. The lowest BCUT2D eigenvalue weighted by Crippen LogP contribution is -2.43. The highest BCUT2D eigenvalue weighted by Gasteiger charge is 2.32. The quantitative estimate of drug-likeness (QED) is 0.112. The molecule has 0 aliphatic heterocycles. The van der Waals surface area contributed by atoms with Crippen molar-refractivity contribution in [3.8, 4) is 45.5 Å². The second-order valence-corrected chi connectivity index (χ2v) is 31.1. The van der Waals surface area contributed by atoms with Gasteiger partial charge in [0.25, 0.3) is 0 Å². The molecule has 0 fully saturated rings. The van der Waals surface area contributed by atoms with Gasteiger partial charge in [0.1, 0.15) is 47.0 Å². The Morgan fingerprint density at radius 1 is 0.307 bits per heavy atom. The molecule has 0 radical (unpaired) electrons. The Morgan fingerprint density at radius 3 is 1.19 bits per heavy atom. The summed E-state index contributed by atoms with van der Waals surface area (Å²) in [4.78, 5) is 23.1. The summed E-state index contributed by atoms with van der Waals surface area (Å²) in [5, 5.41) is 5.78. The van der Waals surface area contributed by atoms with Crippen molar-refractivity contribution in [3.05, 3.63) is 375 Å². The number of para-hydroxylation sites is 5. The summed E-state index contributed by atoms with van der Waals surface area (Å²) in [6.45, 7) is 48.7. The van der Waals surface area contributed by atoms with Crippen LogP contribution in [0.1, 0.15) is 117 Å². The third kappa shape index (κ3) is 15.4. The van der Waals surface area contributed by atoms with E-state index in [0.717, 1.165) is 84.2 Å². The first-order valence-corrected chi connectivity index (χ1v) is 39.1. The Kier molecular flexibility index (Phi) is 21.9. The predicted octanol–water partition coefficient (Wildman–Crippen LogP) is 19.1. The van der Waals surface area contributed by atoms with Gasteiger partial charge in [-0.05, 0) is 182 Å². The Morgan fingerprint density at radius 2 is 0.693 bits per heavy atom. The molecule has 114 heavy (non-hydrogen) atoms. The summed E-state index contributed by atoms with van der Waals surface area (Å²) in [6, 6.07) is 80.2. The van der Waals surface area contributed by atoms with Crippen molar-refractivity contribution in [2.24, 2.45) is 0 Å². The number of pyridine rings is 4. The van der Waals surface area contributed by atoms with Crippen LogP contribution in [0.2, 0.25) is 0 Å². The van der Waals surface area contributed by atoms with E-state index in [2.05, 4.69) is 373 Å². The highest BCUT2D eigenvalue weighted by atomic mass is 15.1. The maximum absolute atomic E-state index is 7.56. The predicted molar refractivity (Wildman–Crippen MR) is 457 cm³/mol. The second kappa shape index (κ2) is 32.2. The van der Waals surface area contributed by atoms with Crippen LogP contribution < -0.4 is 36.5 Å². The smallest absolute Gasteiger partial charge is 0.238 e. The zero-order valence-corrected chi connectivity index (χ0v) is 69.2. The molecule has 13 nitrogen and oxygen atoms in total. The molecule has 0 saturated carbocycles. The number of rotatable bonds is 8. The van der Waals surface area contributed by atoms with E-state index in [9.17, 15) is 0 Å². The number of hydrogen-bond acceptors (Lipinski definition) is 4. The minimum Gasteiger partial charge on any atom is -0.238 e. The molecule has 13 heteroatoms. The number of aryl methyl sites for hydroxylation is 12. The fraction of sp³-hybridized carbons (Fsp3) is 0.198. The van der Waals surface area contributed by atoms with Gasteiger partial charge in [-0.3, -0.25) is 0 Å². The normalized spacial score (nSPS) is 11.3. The van der Waals surface area contributed by atoms with Gasteiger partial charge in [0.15, 0.2) is 69.1 Å².